The van der Waals surface area contributed by atoms with Crippen LogP contribution >= 0.6 is 0 Å². The van der Waals surface area contributed by atoms with Gasteiger partial charge in [-0.1, -0.05) is 12.1 Å². The summed E-state index contributed by atoms with van der Waals surface area (Å²) in [5.74, 6) is -1.18. The molecule has 0 spiro atoms. The molecular formula is C17H26N2O5. The van der Waals surface area contributed by atoms with Crippen molar-refractivity contribution in [2.45, 2.75) is 58.3 Å². The monoisotopic (exact) mass is 338 g/mol. The number of carbonyl (C=O) groups excluding carboxylic acids is 1. The third-order valence-corrected chi connectivity index (χ3v) is 3.21. The number of carbonyl (C=O) groups is 2. The highest BCUT2D eigenvalue weighted by molar-refractivity contribution is 5.80. The second-order valence-electron chi connectivity index (χ2n) is 7.22. The smallest absolute Gasteiger partial charge is 0.408 e. The van der Waals surface area contributed by atoms with Crippen LogP contribution in [0.1, 0.15) is 45.7 Å². The number of hydrogen-bond donors (Lipinski definition) is 4. The molecule has 0 aliphatic rings. The Morgan fingerprint density at radius 2 is 1.83 bits per heavy atom. The molecule has 0 radical (unpaired) electrons. The van der Waals surface area contributed by atoms with Crippen LogP contribution in [0.25, 0.3) is 0 Å². The van der Waals surface area contributed by atoms with Crippen LogP contribution in [-0.4, -0.2) is 33.9 Å². The third kappa shape index (κ3) is 6.08. The Bertz CT molecular complexity index is 614. The Morgan fingerprint density at radius 3 is 2.29 bits per heavy atom. The lowest BCUT2D eigenvalue weighted by Crippen LogP contribution is -2.44. The van der Waals surface area contributed by atoms with Gasteiger partial charge in [-0.3, -0.25) is 0 Å². The number of alkyl carbamates (subject to hydrolysis) is 1. The van der Waals surface area contributed by atoms with Crippen LogP contribution < -0.4 is 11.1 Å². The molecule has 1 atom stereocenters. The Hall–Kier alpha value is -2.28. The molecule has 1 unspecified atom stereocenters. The highest BCUT2D eigenvalue weighted by Crippen LogP contribution is 2.27. The molecule has 0 saturated carbocycles. The van der Waals surface area contributed by atoms with Crippen LogP contribution in [0.2, 0.25) is 0 Å². The van der Waals surface area contributed by atoms with E-state index >= 15 is 0 Å². The number of nitrogens with two attached hydrogens (primary N) is 1. The minimum absolute atomic E-state index is 0.0396. The molecule has 0 aromatic heterocycles. The maximum Gasteiger partial charge on any atom is 0.408 e. The first-order valence-electron chi connectivity index (χ1n) is 7.63. The zero-order valence-electron chi connectivity index (χ0n) is 14.7. The van der Waals surface area contributed by atoms with Crippen molar-refractivity contribution in [3.63, 3.8) is 0 Å². The summed E-state index contributed by atoms with van der Waals surface area (Å²) >= 11 is 0. The average Bonchev–Trinajstić information content (AvgIpc) is 2.36. The second-order valence-corrected chi connectivity index (χ2v) is 7.22. The van der Waals surface area contributed by atoms with Crippen molar-refractivity contribution < 1.29 is 24.5 Å². The number of nitrogens with one attached hydrogen (secondary N) is 1. The fourth-order valence-electron chi connectivity index (χ4n) is 2.15. The number of nitrogen functional groups attached to an aromatic ring is 1. The van der Waals surface area contributed by atoms with Gasteiger partial charge < -0.3 is 26.0 Å². The minimum Gasteiger partial charge on any atom is -0.480 e. The lowest BCUT2D eigenvalue weighted by molar-refractivity contribution is -0.139. The van der Waals surface area contributed by atoms with Gasteiger partial charge in [0.2, 0.25) is 0 Å². The van der Waals surface area contributed by atoms with Gasteiger partial charge in [0.05, 0.1) is 5.60 Å². The predicted octanol–water partition coefficient (Wildman–Crippen LogP) is 2.02. The van der Waals surface area contributed by atoms with Crippen molar-refractivity contribution in [1.29, 1.82) is 0 Å². The van der Waals surface area contributed by atoms with Gasteiger partial charge in [0, 0.05) is 17.7 Å². The van der Waals surface area contributed by atoms with Crippen LogP contribution in [0.5, 0.6) is 0 Å². The molecule has 7 heteroatoms. The Morgan fingerprint density at radius 1 is 1.25 bits per heavy atom. The van der Waals surface area contributed by atoms with E-state index < -0.39 is 29.3 Å². The summed E-state index contributed by atoms with van der Waals surface area (Å²) in [4.78, 5) is 23.2. The standard InChI is InChI=1S/C17H26N2O5/c1-16(2,3)24-15(22)19-13(14(20)21)9-10-6-7-12(18)11(8-10)17(4,5)23/h6-8,13,23H,9,18H2,1-5H3,(H,19,22)(H,20,21). The summed E-state index contributed by atoms with van der Waals surface area (Å²) < 4.78 is 5.08. The Balaban J connectivity index is 2.94. The van der Waals surface area contributed by atoms with E-state index in [2.05, 4.69) is 5.32 Å². The Kier molecular flexibility index (Phi) is 5.84. The maximum atomic E-state index is 11.8. The highest BCUT2D eigenvalue weighted by atomic mass is 16.6. The molecular weight excluding hydrogens is 312 g/mol. The molecule has 1 aromatic rings. The second kappa shape index (κ2) is 7.09. The fraction of sp³-hybridized carbons (Fsp3) is 0.529. The molecule has 7 nitrogen and oxygen atoms in total. The number of amides is 1. The van der Waals surface area contributed by atoms with Crippen LogP contribution in [-0.2, 0) is 21.6 Å². The summed E-state index contributed by atoms with van der Waals surface area (Å²) in [7, 11) is 0. The van der Waals surface area contributed by atoms with Crippen molar-refractivity contribution in [2.24, 2.45) is 0 Å². The SMILES string of the molecule is CC(C)(C)OC(=O)NC(Cc1ccc(N)c(C(C)(C)O)c1)C(=O)O. The van der Waals surface area contributed by atoms with Gasteiger partial charge in [-0.05, 0) is 46.2 Å². The molecule has 0 heterocycles. The van der Waals surface area contributed by atoms with E-state index in [4.69, 9.17) is 10.5 Å². The molecule has 0 saturated heterocycles. The average molecular weight is 338 g/mol. The summed E-state index contributed by atoms with van der Waals surface area (Å²) in [5.41, 5.74) is 5.52. The van der Waals surface area contributed by atoms with Crippen molar-refractivity contribution in [3.05, 3.63) is 29.3 Å². The van der Waals surface area contributed by atoms with Crippen LogP contribution in [0.3, 0.4) is 0 Å². The number of aliphatic carboxylic acids is 1. The van der Waals surface area contributed by atoms with Crippen LogP contribution in [0.4, 0.5) is 10.5 Å². The zero-order chi connectivity index (χ0) is 18.7. The Labute approximate surface area is 141 Å². The predicted molar refractivity (Wildman–Crippen MR) is 90.6 cm³/mol. The quantitative estimate of drug-likeness (QED) is 0.609. The summed E-state index contributed by atoms with van der Waals surface area (Å²) in [6.07, 6.45) is -0.758. The number of rotatable bonds is 5. The lowest BCUT2D eigenvalue weighted by atomic mass is 9.93. The molecule has 1 aromatic carbocycles. The van der Waals surface area contributed by atoms with E-state index in [1.165, 1.54) is 0 Å². The molecule has 1 amide bonds. The third-order valence-electron chi connectivity index (χ3n) is 3.21. The number of hydrogen-bond acceptors (Lipinski definition) is 5. The molecule has 0 bridgehead atoms. The van der Waals surface area contributed by atoms with E-state index in [0.29, 0.717) is 16.8 Å². The molecule has 0 aliphatic carbocycles. The summed E-state index contributed by atoms with van der Waals surface area (Å²) in [5, 5.41) is 21.8. The van der Waals surface area contributed by atoms with Crippen molar-refractivity contribution >= 4 is 17.7 Å². The van der Waals surface area contributed by atoms with E-state index in [1.807, 2.05) is 0 Å². The number of carboxylic acids is 1. The van der Waals surface area contributed by atoms with Crippen molar-refractivity contribution in [3.8, 4) is 0 Å². The number of carboxylic acid groups (broad SMARTS) is 1. The molecule has 134 valence electrons. The first-order valence-corrected chi connectivity index (χ1v) is 7.63. The number of ether oxygens (including phenoxy) is 1. The minimum atomic E-state index is -1.18. The van der Waals surface area contributed by atoms with Gasteiger partial charge >= 0.3 is 12.1 Å². The summed E-state index contributed by atoms with van der Waals surface area (Å²) in [6, 6.07) is 3.76. The van der Waals surface area contributed by atoms with E-state index in [1.54, 1.807) is 52.8 Å². The van der Waals surface area contributed by atoms with Crippen molar-refractivity contribution in [2.75, 3.05) is 5.73 Å². The van der Waals surface area contributed by atoms with Gasteiger partial charge in [-0.25, -0.2) is 9.59 Å². The topological polar surface area (TPSA) is 122 Å². The van der Waals surface area contributed by atoms with E-state index in [-0.39, 0.29) is 6.42 Å². The first kappa shape index (κ1) is 19.8. The molecule has 24 heavy (non-hydrogen) atoms. The van der Waals surface area contributed by atoms with E-state index in [9.17, 15) is 19.8 Å². The summed E-state index contributed by atoms with van der Waals surface area (Å²) in [6.45, 7) is 8.26. The van der Waals surface area contributed by atoms with Gasteiger partial charge in [0.25, 0.3) is 0 Å². The van der Waals surface area contributed by atoms with Crippen LogP contribution in [0, 0.1) is 0 Å². The van der Waals surface area contributed by atoms with Gasteiger partial charge in [-0.2, -0.15) is 0 Å². The van der Waals surface area contributed by atoms with Crippen LogP contribution in [0.15, 0.2) is 18.2 Å². The normalized spacial score (nSPS) is 13.2. The number of anilines is 1. The zero-order valence-corrected chi connectivity index (χ0v) is 14.7. The number of benzene rings is 1. The number of aliphatic hydroxyl groups is 1. The van der Waals surface area contributed by atoms with E-state index in [0.717, 1.165) is 0 Å². The van der Waals surface area contributed by atoms with Gasteiger partial charge in [-0.15, -0.1) is 0 Å². The molecule has 1 rings (SSSR count). The molecule has 0 aliphatic heterocycles. The lowest BCUT2D eigenvalue weighted by Gasteiger charge is -2.23. The van der Waals surface area contributed by atoms with Gasteiger partial charge in [0.1, 0.15) is 11.6 Å². The maximum absolute atomic E-state index is 11.8. The highest BCUT2D eigenvalue weighted by Gasteiger charge is 2.25. The molecule has 5 N–H and O–H groups in total. The first-order chi connectivity index (χ1) is 10.8. The molecule has 0 fully saturated rings. The van der Waals surface area contributed by atoms with Crippen molar-refractivity contribution in [1.82, 2.24) is 5.32 Å². The van der Waals surface area contributed by atoms with Gasteiger partial charge in [0.15, 0.2) is 0 Å². The largest absolute Gasteiger partial charge is 0.480 e. The fourth-order valence-corrected chi connectivity index (χ4v) is 2.15.